The van der Waals surface area contributed by atoms with Crippen molar-refractivity contribution in [3.8, 4) is 5.75 Å². The summed E-state index contributed by atoms with van der Waals surface area (Å²) in [6.07, 6.45) is 1.52. The van der Waals surface area contributed by atoms with Crippen LogP contribution in [0.25, 0.3) is 0 Å². The summed E-state index contributed by atoms with van der Waals surface area (Å²) in [6.45, 7) is 2.55. The second-order valence-corrected chi connectivity index (χ2v) is 3.72. The molecule has 1 rings (SSSR count). The average molecular weight is 237 g/mol. The zero-order valence-corrected chi connectivity index (χ0v) is 10.1. The minimum Gasteiger partial charge on any atom is -0.490 e. The molecule has 0 aliphatic carbocycles. The van der Waals surface area contributed by atoms with Crippen LogP contribution in [0, 0.1) is 0 Å². The van der Waals surface area contributed by atoms with E-state index in [0.717, 1.165) is 12.2 Å². The topological polar surface area (TPSA) is 61.6 Å². The highest BCUT2D eigenvalue weighted by Crippen LogP contribution is 2.07. The van der Waals surface area contributed by atoms with E-state index in [0.29, 0.717) is 13.0 Å². The van der Waals surface area contributed by atoms with Gasteiger partial charge in [0.25, 0.3) is 0 Å². The Bertz CT molecular complexity index is 327. The zero-order chi connectivity index (χ0) is 12.5. The van der Waals surface area contributed by atoms with Crippen LogP contribution in [0.3, 0.4) is 0 Å². The van der Waals surface area contributed by atoms with Gasteiger partial charge in [0.05, 0.1) is 0 Å². The standard InChI is InChI=1S/C13H19NO3/c1-2-6-12(14)13(15)17-10-9-16-11-7-4-3-5-8-11/h3-5,7-8,12H,2,6,9-10,14H2,1H3/t12-/m1/s1. The Morgan fingerprint density at radius 3 is 2.65 bits per heavy atom. The summed E-state index contributed by atoms with van der Waals surface area (Å²) in [6, 6.07) is 8.87. The first kappa shape index (κ1) is 13.5. The third-order valence-electron chi connectivity index (χ3n) is 2.24. The van der Waals surface area contributed by atoms with Crippen LogP contribution >= 0.6 is 0 Å². The Morgan fingerprint density at radius 1 is 1.29 bits per heavy atom. The van der Waals surface area contributed by atoms with Crippen molar-refractivity contribution in [2.24, 2.45) is 5.73 Å². The largest absolute Gasteiger partial charge is 0.490 e. The highest BCUT2D eigenvalue weighted by molar-refractivity contribution is 5.75. The maximum absolute atomic E-state index is 11.3. The smallest absolute Gasteiger partial charge is 0.323 e. The first-order valence-electron chi connectivity index (χ1n) is 5.84. The van der Waals surface area contributed by atoms with Crippen molar-refractivity contribution in [3.05, 3.63) is 30.3 Å². The molecular formula is C13H19NO3. The molecule has 0 fully saturated rings. The van der Waals surface area contributed by atoms with E-state index in [2.05, 4.69) is 0 Å². The fraction of sp³-hybridized carbons (Fsp3) is 0.462. The number of ether oxygens (including phenoxy) is 2. The molecule has 0 saturated carbocycles. The molecule has 0 saturated heterocycles. The van der Waals surface area contributed by atoms with E-state index >= 15 is 0 Å². The summed E-state index contributed by atoms with van der Waals surface area (Å²) < 4.78 is 10.4. The lowest BCUT2D eigenvalue weighted by molar-refractivity contribution is -0.146. The van der Waals surface area contributed by atoms with Crippen LogP contribution in [0.1, 0.15) is 19.8 Å². The van der Waals surface area contributed by atoms with E-state index in [9.17, 15) is 4.79 Å². The molecule has 4 nitrogen and oxygen atoms in total. The molecule has 0 radical (unpaired) electrons. The molecule has 0 aliphatic heterocycles. The van der Waals surface area contributed by atoms with E-state index < -0.39 is 6.04 Å². The van der Waals surface area contributed by atoms with E-state index in [1.807, 2.05) is 37.3 Å². The van der Waals surface area contributed by atoms with Crippen molar-refractivity contribution in [1.29, 1.82) is 0 Å². The van der Waals surface area contributed by atoms with E-state index in [-0.39, 0.29) is 12.6 Å². The van der Waals surface area contributed by atoms with Gasteiger partial charge in [-0.25, -0.2) is 0 Å². The number of hydrogen-bond donors (Lipinski definition) is 1. The first-order valence-corrected chi connectivity index (χ1v) is 5.84. The lowest BCUT2D eigenvalue weighted by atomic mass is 10.2. The molecule has 0 aromatic heterocycles. The van der Waals surface area contributed by atoms with Gasteiger partial charge in [-0.05, 0) is 18.6 Å². The van der Waals surface area contributed by atoms with Gasteiger partial charge in [-0.2, -0.15) is 0 Å². The van der Waals surface area contributed by atoms with Gasteiger partial charge in [-0.1, -0.05) is 31.5 Å². The number of carbonyl (C=O) groups excluding carboxylic acids is 1. The van der Waals surface area contributed by atoms with Crippen molar-refractivity contribution in [3.63, 3.8) is 0 Å². The molecule has 0 bridgehead atoms. The van der Waals surface area contributed by atoms with Gasteiger partial charge in [0.1, 0.15) is 25.0 Å². The summed E-state index contributed by atoms with van der Waals surface area (Å²) in [5.74, 6) is 0.407. The number of benzene rings is 1. The van der Waals surface area contributed by atoms with Gasteiger partial charge in [0, 0.05) is 0 Å². The fourth-order valence-electron chi connectivity index (χ4n) is 1.35. The maximum atomic E-state index is 11.3. The summed E-state index contributed by atoms with van der Waals surface area (Å²) in [4.78, 5) is 11.3. The van der Waals surface area contributed by atoms with Crippen LogP contribution in [0.4, 0.5) is 0 Å². The molecule has 1 aromatic carbocycles. The van der Waals surface area contributed by atoms with Crippen LogP contribution < -0.4 is 10.5 Å². The molecule has 0 amide bonds. The predicted octanol–water partition coefficient (Wildman–Crippen LogP) is 1.74. The normalized spacial score (nSPS) is 11.9. The van der Waals surface area contributed by atoms with Gasteiger partial charge in [0.2, 0.25) is 0 Å². The Balaban J connectivity index is 2.14. The number of esters is 1. The minimum absolute atomic E-state index is 0.227. The van der Waals surface area contributed by atoms with Crippen LogP contribution in [0.2, 0.25) is 0 Å². The van der Waals surface area contributed by atoms with Gasteiger partial charge in [0.15, 0.2) is 0 Å². The number of nitrogens with two attached hydrogens (primary N) is 1. The molecule has 0 aliphatic rings. The number of carbonyl (C=O) groups is 1. The number of rotatable bonds is 7. The van der Waals surface area contributed by atoms with Crippen molar-refractivity contribution in [2.75, 3.05) is 13.2 Å². The molecule has 17 heavy (non-hydrogen) atoms. The molecule has 2 N–H and O–H groups in total. The Morgan fingerprint density at radius 2 is 2.00 bits per heavy atom. The van der Waals surface area contributed by atoms with Crippen molar-refractivity contribution < 1.29 is 14.3 Å². The minimum atomic E-state index is -0.517. The molecule has 1 aromatic rings. The number of hydrogen-bond acceptors (Lipinski definition) is 4. The molecule has 0 spiro atoms. The van der Waals surface area contributed by atoms with Crippen LogP contribution in [-0.4, -0.2) is 25.2 Å². The lowest BCUT2D eigenvalue weighted by Crippen LogP contribution is -2.32. The highest BCUT2D eigenvalue weighted by atomic mass is 16.6. The SMILES string of the molecule is CCC[C@@H](N)C(=O)OCCOc1ccccc1. The van der Waals surface area contributed by atoms with Gasteiger partial charge < -0.3 is 15.2 Å². The monoisotopic (exact) mass is 237 g/mol. The summed E-state index contributed by atoms with van der Waals surface area (Å²) in [5, 5.41) is 0. The second kappa shape index (κ2) is 7.68. The summed E-state index contributed by atoms with van der Waals surface area (Å²) >= 11 is 0. The third-order valence-corrected chi connectivity index (χ3v) is 2.24. The van der Waals surface area contributed by atoms with Crippen LogP contribution in [0.15, 0.2) is 30.3 Å². The molecule has 4 heteroatoms. The van der Waals surface area contributed by atoms with Crippen molar-refractivity contribution in [2.45, 2.75) is 25.8 Å². The second-order valence-electron chi connectivity index (χ2n) is 3.72. The van der Waals surface area contributed by atoms with Crippen molar-refractivity contribution >= 4 is 5.97 Å². The maximum Gasteiger partial charge on any atom is 0.323 e. The van der Waals surface area contributed by atoms with Crippen LogP contribution in [0.5, 0.6) is 5.75 Å². The van der Waals surface area contributed by atoms with Crippen LogP contribution in [-0.2, 0) is 9.53 Å². The van der Waals surface area contributed by atoms with E-state index in [1.54, 1.807) is 0 Å². The average Bonchev–Trinajstić information content (AvgIpc) is 2.36. The Hall–Kier alpha value is -1.55. The fourth-order valence-corrected chi connectivity index (χ4v) is 1.35. The zero-order valence-electron chi connectivity index (χ0n) is 10.1. The molecule has 94 valence electrons. The van der Waals surface area contributed by atoms with Crippen molar-refractivity contribution in [1.82, 2.24) is 0 Å². The first-order chi connectivity index (χ1) is 8.24. The summed E-state index contributed by atoms with van der Waals surface area (Å²) in [5.41, 5.74) is 5.61. The van der Waals surface area contributed by atoms with E-state index in [1.165, 1.54) is 0 Å². The highest BCUT2D eigenvalue weighted by Gasteiger charge is 2.13. The third kappa shape index (κ3) is 5.36. The van der Waals surface area contributed by atoms with Gasteiger partial charge in [-0.3, -0.25) is 4.79 Å². The molecule has 0 heterocycles. The number of para-hydroxylation sites is 1. The van der Waals surface area contributed by atoms with E-state index in [4.69, 9.17) is 15.2 Å². The Kier molecular flexibility index (Phi) is 6.10. The van der Waals surface area contributed by atoms with Gasteiger partial charge >= 0.3 is 5.97 Å². The lowest BCUT2D eigenvalue weighted by Gasteiger charge is -2.11. The summed E-state index contributed by atoms with van der Waals surface area (Å²) in [7, 11) is 0. The Labute approximate surface area is 102 Å². The van der Waals surface area contributed by atoms with Gasteiger partial charge in [-0.15, -0.1) is 0 Å². The molecule has 1 atom stereocenters. The molecule has 0 unspecified atom stereocenters. The predicted molar refractivity (Wildman–Crippen MR) is 65.8 cm³/mol. The molecular weight excluding hydrogens is 218 g/mol. The quantitative estimate of drug-likeness (QED) is 0.579.